The van der Waals surface area contributed by atoms with Gasteiger partial charge in [0.25, 0.3) is 5.91 Å². The lowest BCUT2D eigenvalue weighted by Crippen LogP contribution is -2.26. The van der Waals surface area contributed by atoms with Gasteiger partial charge in [-0.2, -0.15) is 0 Å². The molecule has 0 aliphatic carbocycles. The highest BCUT2D eigenvalue weighted by molar-refractivity contribution is 7.90. The minimum absolute atomic E-state index is 0.131. The number of ether oxygens (including phenoxy) is 2. The Hall–Kier alpha value is -4.41. The number of aromatic nitrogens is 2. The van der Waals surface area contributed by atoms with E-state index in [1.54, 1.807) is 36.8 Å². The first kappa shape index (κ1) is 35.9. The molecule has 0 bridgehead atoms. The van der Waals surface area contributed by atoms with Gasteiger partial charge in [-0.25, -0.2) is 13.4 Å². The maximum Gasteiger partial charge on any atom is 0.251 e. The van der Waals surface area contributed by atoms with Crippen LogP contribution in [-0.4, -0.2) is 56.8 Å². The van der Waals surface area contributed by atoms with Crippen molar-refractivity contribution in [3.05, 3.63) is 96.1 Å². The number of rotatable bonds is 17. The summed E-state index contributed by atoms with van der Waals surface area (Å²) >= 11 is 0. The molecule has 49 heavy (non-hydrogen) atoms. The molecule has 2 heterocycles. The molecule has 0 atom stereocenters. The minimum Gasteiger partial charge on any atom is -0.491 e. The molecule has 0 unspecified atom stereocenters. The van der Waals surface area contributed by atoms with Crippen LogP contribution in [0.15, 0.2) is 89.7 Å². The number of benzene rings is 3. The molecule has 260 valence electrons. The molecule has 1 aromatic heterocycles. The molecule has 5 rings (SSSR count). The first-order valence-electron chi connectivity index (χ1n) is 17.3. The monoisotopic (exact) mass is 684 g/mol. The Labute approximate surface area is 290 Å². The maximum absolute atomic E-state index is 13.6. The number of hydrogen-bond acceptors (Lipinski definition) is 7. The third kappa shape index (κ3) is 9.61. The van der Waals surface area contributed by atoms with Gasteiger partial charge in [0.05, 0.1) is 29.3 Å². The fourth-order valence-electron chi connectivity index (χ4n) is 5.91. The lowest BCUT2D eigenvalue weighted by atomic mass is 10.00. The molecule has 1 N–H and O–H groups in total. The molecule has 10 heteroatoms. The van der Waals surface area contributed by atoms with Crippen LogP contribution in [0.4, 0.5) is 11.4 Å². The first-order valence-corrected chi connectivity index (χ1v) is 19.0. The van der Waals surface area contributed by atoms with Crippen molar-refractivity contribution in [2.24, 2.45) is 0 Å². The van der Waals surface area contributed by atoms with Crippen LogP contribution in [0, 0.1) is 0 Å². The van der Waals surface area contributed by atoms with Crippen LogP contribution in [0.25, 0.3) is 17.2 Å². The predicted octanol–water partition coefficient (Wildman–Crippen LogP) is 7.77. The van der Waals surface area contributed by atoms with Crippen LogP contribution < -0.4 is 15.0 Å². The fraction of sp³-hybridized carbons (Fsp3) is 0.385. The minimum atomic E-state index is -3.58. The largest absolute Gasteiger partial charge is 0.491 e. The third-order valence-electron chi connectivity index (χ3n) is 8.53. The van der Waals surface area contributed by atoms with Gasteiger partial charge in [0.1, 0.15) is 12.4 Å². The summed E-state index contributed by atoms with van der Waals surface area (Å²) in [6.45, 7) is 10.5. The maximum atomic E-state index is 13.6. The summed E-state index contributed by atoms with van der Waals surface area (Å²) in [5, 5.41) is 2.99. The second-order valence-electron chi connectivity index (χ2n) is 12.3. The number of hydrogen-bond donors (Lipinski definition) is 1. The second-order valence-corrected chi connectivity index (χ2v) is 14.3. The van der Waals surface area contributed by atoms with Crippen molar-refractivity contribution in [1.29, 1.82) is 0 Å². The Bertz CT molecular complexity index is 1810. The number of nitrogens with one attached hydrogen (secondary N) is 1. The Kier molecular flexibility index (Phi) is 12.7. The van der Waals surface area contributed by atoms with Crippen molar-refractivity contribution in [3.63, 3.8) is 0 Å². The van der Waals surface area contributed by atoms with E-state index in [1.165, 1.54) is 0 Å². The summed E-state index contributed by atoms with van der Waals surface area (Å²) < 4.78 is 39.6. The molecule has 0 fully saturated rings. The van der Waals surface area contributed by atoms with Gasteiger partial charge < -0.3 is 24.3 Å². The smallest absolute Gasteiger partial charge is 0.251 e. The molecule has 4 aromatic rings. The number of fused-ring (bicyclic) bond motifs is 1. The van der Waals surface area contributed by atoms with E-state index in [9.17, 15) is 13.2 Å². The molecule has 0 spiro atoms. The van der Waals surface area contributed by atoms with E-state index in [2.05, 4.69) is 59.4 Å². The zero-order valence-corrected chi connectivity index (χ0v) is 29.7. The molecule has 1 aliphatic rings. The van der Waals surface area contributed by atoms with Crippen LogP contribution in [0.1, 0.15) is 64.1 Å². The lowest BCUT2D eigenvalue weighted by Gasteiger charge is -2.25. The average molecular weight is 685 g/mol. The van der Waals surface area contributed by atoms with Crippen LogP contribution in [0.5, 0.6) is 5.75 Å². The summed E-state index contributed by atoms with van der Waals surface area (Å²) in [5.41, 5.74) is 6.07. The van der Waals surface area contributed by atoms with E-state index in [-0.39, 0.29) is 16.6 Å². The standard InChI is InChI=1S/C39H48N4O5S/c1-4-7-22-47-23-24-48-36-13-8-30(9-14-36)31-10-17-38-33(25-31)26-32(18-21-42(38)19-5-2)39(44)41-34-11-15-37(16-12-34)49(45,46)28-35-27-40-29-43(35)20-6-3/h8-17,25-27,29H,4-7,18-24,28H2,1-3H3,(H,41,44). The van der Waals surface area contributed by atoms with Crippen molar-refractivity contribution in [2.45, 2.75) is 70.1 Å². The van der Waals surface area contributed by atoms with Crippen LogP contribution in [0.3, 0.4) is 0 Å². The lowest BCUT2D eigenvalue weighted by molar-refractivity contribution is -0.112. The summed E-state index contributed by atoms with van der Waals surface area (Å²) in [4.78, 5) is 20.3. The van der Waals surface area contributed by atoms with Crippen LogP contribution in [-0.2, 0) is 31.7 Å². The fourth-order valence-corrected chi connectivity index (χ4v) is 7.26. The van der Waals surface area contributed by atoms with Crippen molar-refractivity contribution >= 4 is 33.2 Å². The van der Waals surface area contributed by atoms with Gasteiger partial charge in [0, 0.05) is 49.4 Å². The first-order chi connectivity index (χ1) is 23.8. The summed E-state index contributed by atoms with van der Waals surface area (Å²) in [6.07, 6.45) is 9.89. The van der Waals surface area contributed by atoms with Crippen LogP contribution in [0.2, 0.25) is 0 Å². The van der Waals surface area contributed by atoms with E-state index < -0.39 is 9.84 Å². The zero-order valence-electron chi connectivity index (χ0n) is 28.9. The number of carbonyl (C=O) groups is 1. The summed E-state index contributed by atoms with van der Waals surface area (Å²) in [5.74, 6) is 0.470. The second kappa shape index (κ2) is 17.3. The summed E-state index contributed by atoms with van der Waals surface area (Å²) in [6, 6.07) is 20.9. The Balaban J connectivity index is 1.28. The zero-order chi connectivity index (χ0) is 34.6. The van der Waals surface area contributed by atoms with Gasteiger partial charge in [-0.05, 0) is 97.0 Å². The van der Waals surface area contributed by atoms with Gasteiger partial charge >= 0.3 is 0 Å². The van der Waals surface area contributed by atoms with E-state index in [1.807, 2.05) is 29.7 Å². The Morgan fingerprint density at radius 2 is 1.63 bits per heavy atom. The van der Waals surface area contributed by atoms with Gasteiger partial charge in [-0.15, -0.1) is 0 Å². The molecule has 0 saturated heterocycles. The number of sulfone groups is 1. The van der Waals surface area contributed by atoms with Gasteiger partial charge in [0.2, 0.25) is 0 Å². The molecule has 3 aromatic carbocycles. The summed E-state index contributed by atoms with van der Waals surface area (Å²) in [7, 11) is -3.58. The highest BCUT2D eigenvalue weighted by Gasteiger charge is 2.21. The predicted molar refractivity (Wildman–Crippen MR) is 197 cm³/mol. The molecular weight excluding hydrogens is 637 g/mol. The molecule has 1 aliphatic heterocycles. The molecule has 0 radical (unpaired) electrons. The SMILES string of the molecule is CCCCOCCOc1ccc(-c2ccc3c(c2)C=C(C(=O)Nc2ccc(S(=O)(=O)Cc4cncn4CCC)cc2)CCN3CCC)cc1. The van der Waals surface area contributed by atoms with E-state index in [4.69, 9.17) is 9.47 Å². The highest BCUT2D eigenvalue weighted by Crippen LogP contribution is 2.33. The van der Waals surface area contributed by atoms with Gasteiger partial charge in [-0.1, -0.05) is 45.4 Å². The van der Waals surface area contributed by atoms with Crippen molar-refractivity contribution in [3.8, 4) is 16.9 Å². The number of imidazole rings is 1. The van der Waals surface area contributed by atoms with Gasteiger partial charge in [-0.3, -0.25) is 4.79 Å². The molecule has 0 saturated carbocycles. The highest BCUT2D eigenvalue weighted by atomic mass is 32.2. The van der Waals surface area contributed by atoms with E-state index in [0.717, 1.165) is 73.5 Å². The normalized spacial score (nSPS) is 13.0. The third-order valence-corrected chi connectivity index (χ3v) is 10.2. The van der Waals surface area contributed by atoms with Crippen molar-refractivity contribution in [2.75, 3.05) is 43.1 Å². The van der Waals surface area contributed by atoms with Gasteiger partial charge in [0.15, 0.2) is 9.84 Å². The average Bonchev–Trinajstić information content (AvgIpc) is 3.44. The molecule has 1 amide bonds. The Morgan fingerprint density at radius 3 is 2.37 bits per heavy atom. The van der Waals surface area contributed by atoms with E-state index >= 15 is 0 Å². The Morgan fingerprint density at radius 1 is 0.878 bits per heavy atom. The number of unbranched alkanes of at least 4 members (excludes halogenated alkanes) is 1. The van der Waals surface area contributed by atoms with Crippen LogP contribution >= 0.6 is 0 Å². The number of carbonyl (C=O) groups excluding carboxylic acids is 1. The quantitative estimate of drug-likeness (QED) is 0.113. The number of anilines is 2. The number of amides is 1. The number of nitrogens with zero attached hydrogens (tertiary/aromatic N) is 3. The topological polar surface area (TPSA) is 103 Å². The molecule has 9 nitrogen and oxygen atoms in total. The van der Waals surface area contributed by atoms with Crippen molar-refractivity contribution in [1.82, 2.24) is 9.55 Å². The number of aryl methyl sites for hydroxylation is 1. The van der Waals surface area contributed by atoms with Crippen molar-refractivity contribution < 1.29 is 22.7 Å². The van der Waals surface area contributed by atoms with E-state index in [0.29, 0.717) is 43.1 Å². The molecular formula is C39H48N4O5S.